The summed E-state index contributed by atoms with van der Waals surface area (Å²) in [5.41, 5.74) is 1.27. The van der Waals surface area contributed by atoms with Crippen LogP contribution in [0.25, 0.3) is 0 Å². The van der Waals surface area contributed by atoms with E-state index in [1.807, 2.05) is 19.9 Å². The van der Waals surface area contributed by atoms with E-state index in [9.17, 15) is 5.11 Å². The first kappa shape index (κ1) is 12.8. The van der Waals surface area contributed by atoms with Gasteiger partial charge in [-0.25, -0.2) is 0 Å². The van der Waals surface area contributed by atoms with Crippen molar-refractivity contribution >= 4 is 17.3 Å². The summed E-state index contributed by atoms with van der Waals surface area (Å²) in [7, 11) is 0. The van der Waals surface area contributed by atoms with Crippen molar-refractivity contribution in [3.8, 4) is 6.07 Å². The summed E-state index contributed by atoms with van der Waals surface area (Å²) < 4.78 is 0. The number of hydrogen-bond acceptors (Lipinski definition) is 3. The molecule has 86 valence electrons. The van der Waals surface area contributed by atoms with Gasteiger partial charge in [0.1, 0.15) is 0 Å². The molecule has 0 bridgehead atoms. The molecular formula is C12H15ClN2O. The average Bonchev–Trinajstić information content (AvgIpc) is 2.26. The van der Waals surface area contributed by atoms with Crippen molar-refractivity contribution in [2.75, 3.05) is 11.9 Å². The van der Waals surface area contributed by atoms with E-state index in [4.69, 9.17) is 16.9 Å². The summed E-state index contributed by atoms with van der Waals surface area (Å²) in [6.07, 6.45) is 0. The highest BCUT2D eigenvalue weighted by Gasteiger charge is 2.13. The Balaban J connectivity index is 2.86. The van der Waals surface area contributed by atoms with E-state index in [-0.39, 0.29) is 12.6 Å². The molecule has 0 aromatic heterocycles. The van der Waals surface area contributed by atoms with E-state index in [0.29, 0.717) is 16.5 Å². The van der Waals surface area contributed by atoms with Crippen molar-refractivity contribution in [2.45, 2.75) is 19.9 Å². The van der Waals surface area contributed by atoms with Gasteiger partial charge in [-0.1, -0.05) is 25.4 Å². The number of benzene rings is 1. The highest BCUT2D eigenvalue weighted by Crippen LogP contribution is 2.24. The molecule has 0 unspecified atom stereocenters. The lowest BCUT2D eigenvalue weighted by Crippen LogP contribution is -2.29. The maximum Gasteiger partial charge on any atom is 0.0992 e. The van der Waals surface area contributed by atoms with Crippen LogP contribution in [0.4, 0.5) is 5.69 Å². The number of anilines is 1. The Morgan fingerprint density at radius 1 is 1.50 bits per heavy atom. The molecule has 0 aliphatic rings. The first-order chi connectivity index (χ1) is 7.58. The van der Waals surface area contributed by atoms with Gasteiger partial charge in [-0.15, -0.1) is 0 Å². The molecule has 0 aliphatic heterocycles. The fourth-order valence-corrected chi connectivity index (χ4v) is 1.56. The minimum atomic E-state index is -0.0366. The lowest BCUT2D eigenvalue weighted by Gasteiger charge is -2.21. The number of nitrogens with zero attached hydrogens (tertiary/aromatic N) is 1. The van der Waals surface area contributed by atoms with Gasteiger partial charge < -0.3 is 10.4 Å². The van der Waals surface area contributed by atoms with E-state index < -0.39 is 0 Å². The monoisotopic (exact) mass is 238 g/mol. The summed E-state index contributed by atoms with van der Waals surface area (Å²) >= 11 is 6.02. The molecule has 0 fully saturated rings. The SMILES string of the molecule is CC(C)[C@@H](CO)Nc1ccc(C#N)cc1Cl. The van der Waals surface area contributed by atoms with Crippen LogP contribution >= 0.6 is 11.6 Å². The largest absolute Gasteiger partial charge is 0.394 e. The predicted octanol–water partition coefficient (Wildman–Crippen LogP) is 2.64. The van der Waals surface area contributed by atoms with Crippen molar-refractivity contribution in [1.29, 1.82) is 5.26 Å². The van der Waals surface area contributed by atoms with Crippen molar-refractivity contribution in [3.05, 3.63) is 28.8 Å². The Bertz CT molecular complexity index is 398. The molecular weight excluding hydrogens is 224 g/mol. The van der Waals surface area contributed by atoms with Gasteiger partial charge in [-0.2, -0.15) is 5.26 Å². The Labute approximate surface area is 101 Å². The zero-order valence-electron chi connectivity index (χ0n) is 9.37. The number of rotatable bonds is 4. The Morgan fingerprint density at radius 3 is 2.62 bits per heavy atom. The topological polar surface area (TPSA) is 56.0 Å². The molecule has 2 N–H and O–H groups in total. The molecule has 0 saturated carbocycles. The van der Waals surface area contributed by atoms with Crippen LogP contribution in [-0.4, -0.2) is 17.8 Å². The maximum absolute atomic E-state index is 9.19. The van der Waals surface area contributed by atoms with Gasteiger partial charge in [0.15, 0.2) is 0 Å². The smallest absolute Gasteiger partial charge is 0.0992 e. The van der Waals surface area contributed by atoms with Gasteiger partial charge >= 0.3 is 0 Å². The molecule has 0 saturated heterocycles. The number of nitriles is 1. The number of nitrogens with one attached hydrogen (secondary N) is 1. The highest BCUT2D eigenvalue weighted by molar-refractivity contribution is 6.33. The normalized spacial score (nSPS) is 12.2. The Morgan fingerprint density at radius 2 is 2.19 bits per heavy atom. The fourth-order valence-electron chi connectivity index (χ4n) is 1.32. The second-order valence-corrected chi connectivity index (χ2v) is 4.39. The number of aliphatic hydroxyl groups excluding tert-OH is 1. The second kappa shape index (κ2) is 5.74. The van der Waals surface area contributed by atoms with Gasteiger partial charge in [0, 0.05) is 0 Å². The molecule has 0 aliphatic carbocycles. The van der Waals surface area contributed by atoms with Crippen LogP contribution in [0.3, 0.4) is 0 Å². The van der Waals surface area contributed by atoms with Crippen LogP contribution in [-0.2, 0) is 0 Å². The zero-order chi connectivity index (χ0) is 12.1. The van der Waals surface area contributed by atoms with Crippen molar-refractivity contribution in [3.63, 3.8) is 0 Å². The molecule has 0 radical (unpaired) electrons. The van der Waals surface area contributed by atoms with Crippen LogP contribution < -0.4 is 5.32 Å². The molecule has 0 amide bonds. The molecule has 1 rings (SSSR count). The van der Waals surface area contributed by atoms with Crippen LogP contribution in [0.15, 0.2) is 18.2 Å². The number of hydrogen-bond donors (Lipinski definition) is 2. The van der Waals surface area contributed by atoms with E-state index in [1.54, 1.807) is 18.2 Å². The third-order valence-electron chi connectivity index (χ3n) is 2.44. The second-order valence-electron chi connectivity index (χ2n) is 3.98. The lowest BCUT2D eigenvalue weighted by molar-refractivity contribution is 0.249. The van der Waals surface area contributed by atoms with Gasteiger partial charge in [0.2, 0.25) is 0 Å². The Kier molecular flexibility index (Phi) is 4.60. The van der Waals surface area contributed by atoms with Crippen molar-refractivity contribution in [1.82, 2.24) is 0 Å². The minimum absolute atomic E-state index is 0.0366. The molecule has 1 aromatic rings. The van der Waals surface area contributed by atoms with E-state index in [0.717, 1.165) is 5.69 Å². The van der Waals surface area contributed by atoms with E-state index in [1.165, 1.54) is 0 Å². The Hall–Kier alpha value is -1.24. The van der Waals surface area contributed by atoms with Crippen molar-refractivity contribution < 1.29 is 5.11 Å². The third kappa shape index (κ3) is 3.13. The van der Waals surface area contributed by atoms with Gasteiger partial charge in [0.25, 0.3) is 0 Å². The predicted molar refractivity (Wildman–Crippen MR) is 65.5 cm³/mol. The molecule has 4 heteroatoms. The summed E-state index contributed by atoms with van der Waals surface area (Å²) in [4.78, 5) is 0. The molecule has 16 heavy (non-hydrogen) atoms. The zero-order valence-corrected chi connectivity index (χ0v) is 10.1. The van der Waals surface area contributed by atoms with Crippen LogP contribution in [0.5, 0.6) is 0 Å². The summed E-state index contributed by atoms with van der Waals surface area (Å²) in [6.45, 7) is 4.09. The molecule has 0 spiro atoms. The van der Waals surface area contributed by atoms with Crippen LogP contribution in [0.2, 0.25) is 5.02 Å². The number of aliphatic hydroxyl groups is 1. The number of halogens is 1. The van der Waals surface area contributed by atoms with Crippen molar-refractivity contribution in [2.24, 2.45) is 5.92 Å². The quantitative estimate of drug-likeness (QED) is 0.848. The highest BCUT2D eigenvalue weighted by atomic mass is 35.5. The fraction of sp³-hybridized carbons (Fsp3) is 0.417. The molecule has 1 atom stereocenters. The first-order valence-corrected chi connectivity index (χ1v) is 5.53. The third-order valence-corrected chi connectivity index (χ3v) is 2.75. The standard InChI is InChI=1S/C12H15ClN2O/c1-8(2)12(7-16)15-11-4-3-9(6-14)5-10(11)13/h3-5,8,12,15-16H,7H2,1-2H3/t12-/m1/s1. The van der Waals surface area contributed by atoms with Crippen LogP contribution in [0, 0.1) is 17.2 Å². The van der Waals surface area contributed by atoms with E-state index in [2.05, 4.69) is 5.32 Å². The average molecular weight is 239 g/mol. The lowest BCUT2D eigenvalue weighted by atomic mass is 10.0. The van der Waals surface area contributed by atoms with Gasteiger partial charge in [-0.3, -0.25) is 0 Å². The molecule has 3 nitrogen and oxygen atoms in total. The maximum atomic E-state index is 9.19. The van der Waals surface area contributed by atoms with Gasteiger partial charge in [0.05, 0.1) is 35.0 Å². The van der Waals surface area contributed by atoms with Crippen LogP contribution in [0.1, 0.15) is 19.4 Å². The molecule has 0 heterocycles. The minimum Gasteiger partial charge on any atom is -0.394 e. The first-order valence-electron chi connectivity index (χ1n) is 5.15. The summed E-state index contributed by atoms with van der Waals surface area (Å²) in [6, 6.07) is 7.05. The molecule has 1 aromatic carbocycles. The van der Waals surface area contributed by atoms with E-state index >= 15 is 0 Å². The van der Waals surface area contributed by atoms with Gasteiger partial charge in [-0.05, 0) is 24.1 Å². The summed E-state index contributed by atoms with van der Waals surface area (Å²) in [5, 5.41) is 21.5. The summed E-state index contributed by atoms with van der Waals surface area (Å²) in [5.74, 6) is 0.303.